The largest absolute Gasteiger partial charge is 0.357 e. The van der Waals surface area contributed by atoms with Gasteiger partial charge in [-0.15, -0.1) is 0 Å². The van der Waals surface area contributed by atoms with E-state index < -0.39 is 0 Å². The summed E-state index contributed by atoms with van der Waals surface area (Å²) in [7, 11) is 1.78. The van der Waals surface area contributed by atoms with Crippen molar-refractivity contribution in [3.63, 3.8) is 0 Å². The van der Waals surface area contributed by atoms with Crippen LogP contribution in [0.15, 0.2) is 44.9 Å². The number of halogens is 2. The monoisotopic (exact) mass is 329 g/mol. The molecule has 0 aliphatic carbocycles. The van der Waals surface area contributed by atoms with Gasteiger partial charge < -0.3 is 5.32 Å². The van der Waals surface area contributed by atoms with Crippen molar-refractivity contribution in [1.29, 1.82) is 0 Å². The SMILES string of the molecule is CNc1ncc(Br)c(Sc2ccccc2Cl)n1. The maximum Gasteiger partial charge on any atom is 0.223 e. The molecule has 0 saturated carbocycles. The van der Waals surface area contributed by atoms with E-state index in [0.29, 0.717) is 11.0 Å². The highest BCUT2D eigenvalue weighted by molar-refractivity contribution is 9.10. The molecule has 1 aromatic carbocycles. The van der Waals surface area contributed by atoms with Crippen LogP contribution in [0.3, 0.4) is 0 Å². The van der Waals surface area contributed by atoms with Gasteiger partial charge in [0.1, 0.15) is 5.03 Å². The van der Waals surface area contributed by atoms with Crippen LogP contribution < -0.4 is 5.32 Å². The van der Waals surface area contributed by atoms with Gasteiger partial charge in [0.05, 0.1) is 9.50 Å². The standard InChI is InChI=1S/C11H9BrClN3S/c1-14-11-15-6-7(12)10(16-11)17-9-5-3-2-4-8(9)13/h2-6H,1H3,(H,14,15,16). The van der Waals surface area contributed by atoms with Gasteiger partial charge in [0.2, 0.25) is 5.95 Å². The fourth-order valence-corrected chi connectivity index (χ4v) is 2.66. The highest BCUT2D eigenvalue weighted by Gasteiger charge is 2.08. The van der Waals surface area contributed by atoms with Gasteiger partial charge in [-0.3, -0.25) is 0 Å². The molecular weight excluding hydrogens is 322 g/mol. The van der Waals surface area contributed by atoms with Gasteiger partial charge in [0, 0.05) is 18.1 Å². The number of hydrogen-bond donors (Lipinski definition) is 1. The maximum absolute atomic E-state index is 6.10. The van der Waals surface area contributed by atoms with E-state index in [1.165, 1.54) is 11.8 Å². The van der Waals surface area contributed by atoms with Crippen LogP contribution in [0.2, 0.25) is 5.02 Å². The Kier molecular flexibility index (Phi) is 4.25. The van der Waals surface area contributed by atoms with Crippen molar-refractivity contribution in [2.24, 2.45) is 0 Å². The lowest BCUT2D eigenvalue weighted by Crippen LogP contribution is -1.97. The van der Waals surface area contributed by atoms with E-state index in [1.54, 1.807) is 13.2 Å². The van der Waals surface area contributed by atoms with Crippen LogP contribution in [0.25, 0.3) is 0 Å². The molecule has 0 saturated heterocycles. The summed E-state index contributed by atoms with van der Waals surface area (Å²) in [6.07, 6.45) is 1.72. The van der Waals surface area contributed by atoms with E-state index >= 15 is 0 Å². The van der Waals surface area contributed by atoms with E-state index in [1.807, 2.05) is 24.3 Å². The quantitative estimate of drug-likeness (QED) is 0.860. The average Bonchev–Trinajstić information content (AvgIpc) is 2.35. The van der Waals surface area contributed by atoms with Crippen LogP contribution >= 0.6 is 39.3 Å². The van der Waals surface area contributed by atoms with Gasteiger partial charge in [-0.1, -0.05) is 35.5 Å². The number of nitrogens with zero attached hydrogens (tertiary/aromatic N) is 2. The Bertz CT molecular complexity index is 536. The predicted molar refractivity (Wildman–Crippen MR) is 74.9 cm³/mol. The van der Waals surface area contributed by atoms with Crippen molar-refractivity contribution in [2.45, 2.75) is 9.92 Å². The van der Waals surface area contributed by atoms with E-state index in [0.717, 1.165) is 14.4 Å². The fourth-order valence-electron chi connectivity index (χ4n) is 1.18. The molecule has 1 heterocycles. The molecule has 0 atom stereocenters. The minimum Gasteiger partial charge on any atom is -0.357 e. The van der Waals surface area contributed by atoms with Crippen molar-refractivity contribution in [3.05, 3.63) is 40.0 Å². The smallest absolute Gasteiger partial charge is 0.223 e. The number of benzene rings is 1. The molecule has 6 heteroatoms. The van der Waals surface area contributed by atoms with Crippen LogP contribution in [0.4, 0.5) is 5.95 Å². The molecular formula is C11H9BrClN3S. The normalized spacial score (nSPS) is 10.3. The fraction of sp³-hybridized carbons (Fsp3) is 0.0909. The summed E-state index contributed by atoms with van der Waals surface area (Å²) in [6, 6.07) is 7.67. The molecule has 1 aromatic heterocycles. The summed E-state index contributed by atoms with van der Waals surface area (Å²) in [4.78, 5) is 9.44. The zero-order valence-corrected chi connectivity index (χ0v) is 12.1. The number of nitrogens with one attached hydrogen (secondary N) is 1. The van der Waals surface area contributed by atoms with E-state index in [-0.39, 0.29) is 0 Å². The molecule has 17 heavy (non-hydrogen) atoms. The lowest BCUT2D eigenvalue weighted by Gasteiger charge is -2.06. The molecule has 0 fully saturated rings. The highest BCUT2D eigenvalue weighted by atomic mass is 79.9. The van der Waals surface area contributed by atoms with E-state index in [9.17, 15) is 0 Å². The van der Waals surface area contributed by atoms with Crippen molar-refractivity contribution >= 4 is 45.2 Å². The summed E-state index contributed by atoms with van der Waals surface area (Å²) < 4.78 is 0.849. The van der Waals surface area contributed by atoms with E-state index in [4.69, 9.17) is 11.6 Å². The Labute approximate surface area is 117 Å². The maximum atomic E-state index is 6.10. The third kappa shape index (κ3) is 3.12. The molecule has 3 nitrogen and oxygen atoms in total. The average molecular weight is 331 g/mol. The van der Waals surface area contributed by atoms with Gasteiger partial charge in [-0.05, 0) is 28.1 Å². The van der Waals surface area contributed by atoms with Crippen LogP contribution in [0, 0.1) is 0 Å². The molecule has 88 valence electrons. The van der Waals surface area contributed by atoms with Gasteiger partial charge in [-0.25, -0.2) is 9.97 Å². The zero-order chi connectivity index (χ0) is 12.3. The first-order chi connectivity index (χ1) is 8.20. The molecule has 1 N–H and O–H groups in total. The van der Waals surface area contributed by atoms with Crippen LogP contribution in [-0.2, 0) is 0 Å². The lowest BCUT2D eigenvalue weighted by molar-refractivity contribution is 1.03. The molecule has 0 amide bonds. The Morgan fingerprint density at radius 2 is 2.12 bits per heavy atom. The van der Waals surface area contributed by atoms with Gasteiger partial charge in [0.25, 0.3) is 0 Å². The molecule has 0 bridgehead atoms. The summed E-state index contributed by atoms with van der Waals surface area (Å²) in [6.45, 7) is 0. The Morgan fingerprint density at radius 3 is 2.82 bits per heavy atom. The van der Waals surface area contributed by atoms with Gasteiger partial charge >= 0.3 is 0 Å². The summed E-state index contributed by atoms with van der Waals surface area (Å²) in [5.41, 5.74) is 0. The van der Waals surface area contributed by atoms with Gasteiger partial charge in [0.15, 0.2) is 0 Å². The second kappa shape index (κ2) is 5.71. The van der Waals surface area contributed by atoms with Crippen LogP contribution in [0.1, 0.15) is 0 Å². The molecule has 0 unspecified atom stereocenters. The first-order valence-electron chi connectivity index (χ1n) is 4.83. The molecule has 2 aromatic rings. The van der Waals surface area contributed by atoms with Crippen LogP contribution in [-0.4, -0.2) is 17.0 Å². The number of hydrogen-bond acceptors (Lipinski definition) is 4. The Morgan fingerprint density at radius 1 is 1.35 bits per heavy atom. The highest BCUT2D eigenvalue weighted by Crippen LogP contribution is 2.35. The second-order valence-electron chi connectivity index (χ2n) is 3.13. The Balaban J connectivity index is 2.32. The first kappa shape index (κ1) is 12.7. The molecule has 0 aliphatic heterocycles. The summed E-state index contributed by atoms with van der Waals surface area (Å²) in [5.74, 6) is 0.586. The minimum absolute atomic E-state index is 0.586. The molecule has 2 rings (SSSR count). The minimum atomic E-state index is 0.586. The van der Waals surface area contributed by atoms with E-state index in [2.05, 4.69) is 31.2 Å². The number of anilines is 1. The predicted octanol–water partition coefficient (Wildman–Crippen LogP) is 4.09. The summed E-state index contributed by atoms with van der Waals surface area (Å²) in [5, 5.41) is 4.45. The van der Waals surface area contributed by atoms with Crippen LogP contribution in [0.5, 0.6) is 0 Å². The van der Waals surface area contributed by atoms with Gasteiger partial charge in [-0.2, -0.15) is 0 Å². The lowest BCUT2D eigenvalue weighted by atomic mass is 10.4. The third-order valence-electron chi connectivity index (χ3n) is 1.98. The molecule has 0 aliphatic rings. The Hall–Kier alpha value is -0.780. The summed E-state index contributed by atoms with van der Waals surface area (Å²) >= 11 is 11.0. The third-order valence-corrected chi connectivity index (χ3v) is 4.34. The first-order valence-corrected chi connectivity index (χ1v) is 6.82. The number of aromatic nitrogens is 2. The van der Waals surface area contributed by atoms with Crippen molar-refractivity contribution in [1.82, 2.24) is 9.97 Å². The zero-order valence-electron chi connectivity index (χ0n) is 8.95. The number of rotatable bonds is 3. The second-order valence-corrected chi connectivity index (χ2v) is 5.42. The topological polar surface area (TPSA) is 37.8 Å². The van der Waals surface area contributed by atoms with Crippen molar-refractivity contribution < 1.29 is 0 Å². The molecule has 0 radical (unpaired) electrons. The van der Waals surface area contributed by atoms with Crippen molar-refractivity contribution in [3.8, 4) is 0 Å². The molecule has 0 spiro atoms. The van der Waals surface area contributed by atoms with Crippen molar-refractivity contribution in [2.75, 3.05) is 12.4 Å².